The molecule has 0 amide bonds. The SMILES string of the molecule is CC(Nc1ccc(CCO)cc1)c1cc(F)ccc1O. The highest BCUT2D eigenvalue weighted by Crippen LogP contribution is 2.27. The Labute approximate surface area is 117 Å². The highest BCUT2D eigenvalue weighted by Gasteiger charge is 2.11. The first-order valence-electron chi connectivity index (χ1n) is 6.55. The van der Waals surface area contributed by atoms with Crippen LogP contribution in [0.2, 0.25) is 0 Å². The third kappa shape index (κ3) is 3.48. The topological polar surface area (TPSA) is 52.5 Å². The molecular formula is C16H18FNO2. The van der Waals surface area contributed by atoms with Gasteiger partial charge in [-0.05, 0) is 49.2 Å². The Balaban J connectivity index is 2.10. The lowest BCUT2D eigenvalue weighted by molar-refractivity contribution is 0.299. The van der Waals surface area contributed by atoms with Crippen LogP contribution in [0.25, 0.3) is 0 Å². The van der Waals surface area contributed by atoms with E-state index in [1.807, 2.05) is 31.2 Å². The lowest BCUT2D eigenvalue weighted by atomic mass is 10.1. The summed E-state index contributed by atoms with van der Waals surface area (Å²) in [6.07, 6.45) is 0.626. The molecule has 0 aromatic heterocycles. The van der Waals surface area contributed by atoms with E-state index in [-0.39, 0.29) is 24.2 Å². The average Bonchev–Trinajstić information content (AvgIpc) is 2.44. The number of aliphatic hydroxyl groups excluding tert-OH is 1. The van der Waals surface area contributed by atoms with E-state index < -0.39 is 0 Å². The highest BCUT2D eigenvalue weighted by atomic mass is 19.1. The summed E-state index contributed by atoms with van der Waals surface area (Å²) in [6.45, 7) is 1.98. The Kier molecular flexibility index (Phi) is 4.58. The molecule has 2 aromatic carbocycles. The van der Waals surface area contributed by atoms with Crippen molar-refractivity contribution in [3.63, 3.8) is 0 Å². The van der Waals surface area contributed by atoms with Crippen molar-refractivity contribution < 1.29 is 14.6 Å². The first-order valence-corrected chi connectivity index (χ1v) is 6.55. The molecule has 1 unspecified atom stereocenters. The van der Waals surface area contributed by atoms with Crippen LogP contribution in [0.5, 0.6) is 5.75 Å². The van der Waals surface area contributed by atoms with Crippen LogP contribution in [0.4, 0.5) is 10.1 Å². The monoisotopic (exact) mass is 275 g/mol. The maximum Gasteiger partial charge on any atom is 0.123 e. The molecule has 3 nitrogen and oxygen atoms in total. The predicted octanol–water partition coefficient (Wildman–Crippen LogP) is 3.24. The Morgan fingerprint density at radius 2 is 1.85 bits per heavy atom. The number of benzene rings is 2. The van der Waals surface area contributed by atoms with Gasteiger partial charge in [-0.2, -0.15) is 0 Å². The van der Waals surface area contributed by atoms with Crippen molar-refractivity contribution in [2.75, 3.05) is 11.9 Å². The number of halogens is 1. The number of aromatic hydroxyl groups is 1. The summed E-state index contributed by atoms with van der Waals surface area (Å²) in [5.74, 6) is -0.298. The Hall–Kier alpha value is -2.07. The van der Waals surface area contributed by atoms with E-state index >= 15 is 0 Å². The summed E-state index contributed by atoms with van der Waals surface area (Å²) in [5, 5.41) is 21.8. The zero-order valence-corrected chi connectivity index (χ0v) is 11.3. The molecule has 3 N–H and O–H groups in total. The molecule has 0 fully saturated rings. The molecule has 0 aliphatic carbocycles. The second-order valence-corrected chi connectivity index (χ2v) is 4.74. The van der Waals surface area contributed by atoms with Gasteiger partial charge >= 0.3 is 0 Å². The number of phenolic OH excluding ortho intramolecular Hbond substituents is 1. The lowest BCUT2D eigenvalue weighted by Crippen LogP contribution is -2.07. The standard InChI is InChI=1S/C16H18FNO2/c1-11(15-10-13(17)4-7-16(15)20)18-14-5-2-12(3-6-14)8-9-19/h2-7,10-11,18-20H,8-9H2,1H3. The minimum Gasteiger partial charge on any atom is -0.508 e. The fourth-order valence-electron chi connectivity index (χ4n) is 2.10. The summed E-state index contributed by atoms with van der Waals surface area (Å²) < 4.78 is 13.2. The first-order chi connectivity index (χ1) is 9.60. The maximum absolute atomic E-state index is 13.2. The molecule has 0 heterocycles. The number of nitrogens with one attached hydrogen (secondary N) is 1. The van der Waals surface area contributed by atoms with Gasteiger partial charge in [0.15, 0.2) is 0 Å². The predicted molar refractivity (Wildman–Crippen MR) is 77.3 cm³/mol. The van der Waals surface area contributed by atoms with Crippen LogP contribution in [0.1, 0.15) is 24.1 Å². The number of aliphatic hydroxyl groups is 1. The van der Waals surface area contributed by atoms with Crippen LogP contribution in [0.3, 0.4) is 0 Å². The zero-order chi connectivity index (χ0) is 14.5. The van der Waals surface area contributed by atoms with Gasteiger partial charge in [-0.25, -0.2) is 4.39 Å². The fourth-order valence-corrected chi connectivity index (χ4v) is 2.10. The van der Waals surface area contributed by atoms with Crippen molar-refractivity contribution in [2.45, 2.75) is 19.4 Å². The van der Waals surface area contributed by atoms with Crippen LogP contribution < -0.4 is 5.32 Å². The number of hydrogen-bond acceptors (Lipinski definition) is 3. The molecule has 0 radical (unpaired) electrons. The summed E-state index contributed by atoms with van der Waals surface area (Å²) in [7, 11) is 0. The third-order valence-corrected chi connectivity index (χ3v) is 3.19. The van der Waals surface area contributed by atoms with Crippen LogP contribution in [-0.4, -0.2) is 16.8 Å². The molecule has 2 rings (SSSR count). The van der Waals surface area contributed by atoms with Crippen molar-refractivity contribution in [3.05, 3.63) is 59.4 Å². The Morgan fingerprint density at radius 1 is 1.15 bits per heavy atom. The molecule has 0 bridgehead atoms. The van der Waals surface area contributed by atoms with E-state index in [0.29, 0.717) is 12.0 Å². The largest absolute Gasteiger partial charge is 0.508 e. The van der Waals surface area contributed by atoms with Gasteiger partial charge in [0, 0.05) is 17.9 Å². The second-order valence-electron chi connectivity index (χ2n) is 4.74. The summed E-state index contributed by atoms with van der Waals surface area (Å²) in [5.41, 5.74) is 2.45. The molecule has 4 heteroatoms. The summed E-state index contributed by atoms with van der Waals surface area (Å²) >= 11 is 0. The van der Waals surface area contributed by atoms with Gasteiger partial charge in [-0.15, -0.1) is 0 Å². The molecule has 1 atom stereocenters. The van der Waals surface area contributed by atoms with Crippen molar-refractivity contribution in [1.29, 1.82) is 0 Å². The number of phenols is 1. The molecule has 0 saturated carbocycles. The van der Waals surface area contributed by atoms with E-state index in [4.69, 9.17) is 5.11 Å². The van der Waals surface area contributed by atoms with Gasteiger partial charge in [0.25, 0.3) is 0 Å². The van der Waals surface area contributed by atoms with Crippen LogP contribution in [-0.2, 0) is 6.42 Å². The van der Waals surface area contributed by atoms with Gasteiger partial charge in [-0.1, -0.05) is 12.1 Å². The van der Waals surface area contributed by atoms with Gasteiger partial charge in [0.2, 0.25) is 0 Å². The molecule has 0 saturated heterocycles. The van der Waals surface area contributed by atoms with Crippen molar-refractivity contribution in [3.8, 4) is 5.75 Å². The van der Waals surface area contributed by atoms with Crippen LogP contribution in [0, 0.1) is 5.82 Å². The average molecular weight is 275 g/mol. The van der Waals surface area contributed by atoms with Gasteiger partial charge < -0.3 is 15.5 Å². The quantitative estimate of drug-likeness (QED) is 0.785. The molecular weight excluding hydrogens is 257 g/mol. The number of rotatable bonds is 5. The molecule has 106 valence electrons. The minimum atomic E-state index is -0.371. The minimum absolute atomic E-state index is 0.0725. The normalized spacial score (nSPS) is 12.2. The number of hydrogen-bond donors (Lipinski definition) is 3. The van der Waals surface area contributed by atoms with E-state index in [1.165, 1.54) is 18.2 Å². The Morgan fingerprint density at radius 3 is 2.50 bits per heavy atom. The molecule has 0 spiro atoms. The third-order valence-electron chi connectivity index (χ3n) is 3.19. The summed E-state index contributed by atoms with van der Waals surface area (Å²) in [6, 6.07) is 11.4. The maximum atomic E-state index is 13.2. The van der Waals surface area contributed by atoms with Crippen molar-refractivity contribution in [2.24, 2.45) is 0 Å². The van der Waals surface area contributed by atoms with Crippen LogP contribution >= 0.6 is 0 Å². The Bertz CT molecular complexity index is 569. The zero-order valence-electron chi connectivity index (χ0n) is 11.3. The molecule has 20 heavy (non-hydrogen) atoms. The molecule has 0 aliphatic rings. The summed E-state index contributed by atoms with van der Waals surface area (Å²) in [4.78, 5) is 0. The van der Waals surface area contributed by atoms with E-state index in [2.05, 4.69) is 5.32 Å². The highest BCUT2D eigenvalue weighted by molar-refractivity contribution is 5.48. The van der Waals surface area contributed by atoms with E-state index in [9.17, 15) is 9.50 Å². The van der Waals surface area contributed by atoms with Crippen LogP contribution in [0.15, 0.2) is 42.5 Å². The number of anilines is 1. The smallest absolute Gasteiger partial charge is 0.123 e. The van der Waals surface area contributed by atoms with Crippen molar-refractivity contribution >= 4 is 5.69 Å². The van der Waals surface area contributed by atoms with Gasteiger partial charge in [0.1, 0.15) is 11.6 Å². The second kappa shape index (κ2) is 6.39. The van der Waals surface area contributed by atoms with Crippen molar-refractivity contribution in [1.82, 2.24) is 0 Å². The van der Waals surface area contributed by atoms with Gasteiger partial charge in [0.05, 0.1) is 6.04 Å². The first kappa shape index (κ1) is 14.3. The van der Waals surface area contributed by atoms with E-state index in [1.54, 1.807) is 0 Å². The molecule has 0 aliphatic heterocycles. The fraction of sp³-hybridized carbons (Fsp3) is 0.250. The lowest BCUT2D eigenvalue weighted by Gasteiger charge is -2.17. The van der Waals surface area contributed by atoms with Gasteiger partial charge in [-0.3, -0.25) is 0 Å². The van der Waals surface area contributed by atoms with E-state index in [0.717, 1.165) is 11.3 Å². The molecule has 2 aromatic rings.